The molecule has 7 nitrogen and oxygen atoms in total. The SMILES string of the molecule is CCN(CC)S(=O)(=O)c1ccc(F)c(C(=O)Nc2ccc(C(N)=O)c(C)c2)c1. The van der Waals surface area contributed by atoms with Crippen LogP contribution in [0.2, 0.25) is 0 Å². The van der Waals surface area contributed by atoms with Gasteiger partial charge in [0.05, 0.1) is 10.5 Å². The predicted molar refractivity (Wildman–Crippen MR) is 104 cm³/mol. The summed E-state index contributed by atoms with van der Waals surface area (Å²) < 4.78 is 40.6. The maximum absolute atomic E-state index is 14.2. The third-order valence-electron chi connectivity index (χ3n) is 4.28. The lowest BCUT2D eigenvalue weighted by Crippen LogP contribution is -2.31. The quantitative estimate of drug-likeness (QED) is 0.735. The Labute approximate surface area is 163 Å². The van der Waals surface area contributed by atoms with Gasteiger partial charge in [-0.1, -0.05) is 13.8 Å². The van der Waals surface area contributed by atoms with Crippen molar-refractivity contribution in [3.8, 4) is 0 Å². The van der Waals surface area contributed by atoms with E-state index in [-0.39, 0.29) is 18.0 Å². The number of sulfonamides is 1. The van der Waals surface area contributed by atoms with Crippen LogP contribution in [0.5, 0.6) is 0 Å². The number of nitrogens with one attached hydrogen (secondary N) is 1. The first kappa shape index (κ1) is 21.5. The minimum absolute atomic E-state index is 0.164. The minimum Gasteiger partial charge on any atom is -0.366 e. The highest BCUT2D eigenvalue weighted by Gasteiger charge is 2.24. The summed E-state index contributed by atoms with van der Waals surface area (Å²) in [7, 11) is -3.83. The second kappa shape index (κ2) is 8.49. The number of carbonyl (C=O) groups excluding carboxylic acids is 2. The second-order valence-corrected chi connectivity index (χ2v) is 8.02. The number of hydrogen-bond donors (Lipinski definition) is 2. The van der Waals surface area contributed by atoms with Gasteiger partial charge >= 0.3 is 0 Å². The molecule has 28 heavy (non-hydrogen) atoms. The lowest BCUT2D eigenvalue weighted by atomic mass is 10.1. The van der Waals surface area contributed by atoms with Crippen molar-refractivity contribution < 1.29 is 22.4 Å². The lowest BCUT2D eigenvalue weighted by molar-refractivity contribution is 0.0997. The van der Waals surface area contributed by atoms with Gasteiger partial charge in [-0.25, -0.2) is 12.8 Å². The average Bonchev–Trinajstić information content (AvgIpc) is 2.62. The van der Waals surface area contributed by atoms with E-state index in [1.165, 1.54) is 22.5 Å². The molecule has 0 heterocycles. The highest BCUT2D eigenvalue weighted by Crippen LogP contribution is 2.21. The van der Waals surface area contributed by atoms with E-state index in [0.29, 0.717) is 16.8 Å². The molecule has 0 saturated heterocycles. The summed E-state index contributed by atoms with van der Waals surface area (Å²) in [4.78, 5) is 23.6. The van der Waals surface area contributed by atoms with Crippen LogP contribution in [0.1, 0.15) is 40.1 Å². The molecule has 0 aromatic heterocycles. The van der Waals surface area contributed by atoms with Crippen LogP contribution >= 0.6 is 0 Å². The summed E-state index contributed by atoms with van der Waals surface area (Å²) in [5, 5.41) is 2.50. The molecule has 150 valence electrons. The molecule has 0 aliphatic carbocycles. The van der Waals surface area contributed by atoms with Crippen LogP contribution in [0.4, 0.5) is 10.1 Å². The van der Waals surface area contributed by atoms with Gasteiger partial charge in [0, 0.05) is 24.3 Å². The standard InChI is InChI=1S/C19H22FN3O4S/c1-4-23(5-2)28(26,27)14-7-9-17(20)16(11-14)19(25)22-13-6-8-15(18(21)24)12(3)10-13/h6-11H,4-5H2,1-3H3,(H2,21,24)(H,22,25). The Bertz CT molecular complexity index is 1020. The Kier molecular flexibility index (Phi) is 6.52. The van der Waals surface area contributed by atoms with Gasteiger partial charge < -0.3 is 11.1 Å². The van der Waals surface area contributed by atoms with E-state index in [0.717, 1.165) is 18.2 Å². The normalized spacial score (nSPS) is 11.5. The molecule has 0 aliphatic heterocycles. The van der Waals surface area contributed by atoms with E-state index < -0.39 is 33.2 Å². The number of hydrogen-bond acceptors (Lipinski definition) is 4. The van der Waals surface area contributed by atoms with Crippen LogP contribution < -0.4 is 11.1 Å². The predicted octanol–water partition coefficient (Wildman–Crippen LogP) is 2.52. The Hall–Kier alpha value is -2.78. The molecule has 0 fully saturated rings. The molecule has 2 rings (SSSR count). The van der Waals surface area contributed by atoms with E-state index in [9.17, 15) is 22.4 Å². The van der Waals surface area contributed by atoms with Crippen LogP contribution in [-0.4, -0.2) is 37.6 Å². The zero-order chi connectivity index (χ0) is 21.1. The molecule has 0 radical (unpaired) electrons. The Morgan fingerprint density at radius 1 is 1.07 bits per heavy atom. The number of aryl methyl sites for hydroxylation is 1. The Morgan fingerprint density at radius 3 is 2.25 bits per heavy atom. The number of benzene rings is 2. The molecule has 2 amide bonds. The fourth-order valence-corrected chi connectivity index (χ4v) is 4.25. The number of primary amides is 1. The second-order valence-electron chi connectivity index (χ2n) is 6.08. The highest BCUT2D eigenvalue weighted by atomic mass is 32.2. The first-order valence-electron chi connectivity index (χ1n) is 8.63. The largest absolute Gasteiger partial charge is 0.366 e. The van der Waals surface area contributed by atoms with Crippen molar-refractivity contribution in [3.05, 3.63) is 58.9 Å². The van der Waals surface area contributed by atoms with Crippen molar-refractivity contribution in [1.29, 1.82) is 0 Å². The van der Waals surface area contributed by atoms with E-state index in [4.69, 9.17) is 5.73 Å². The fraction of sp³-hybridized carbons (Fsp3) is 0.263. The van der Waals surface area contributed by atoms with E-state index in [2.05, 4.69) is 5.32 Å². The van der Waals surface area contributed by atoms with Crippen LogP contribution in [0.3, 0.4) is 0 Å². The minimum atomic E-state index is -3.83. The smallest absolute Gasteiger partial charge is 0.258 e. The van der Waals surface area contributed by atoms with E-state index >= 15 is 0 Å². The highest BCUT2D eigenvalue weighted by molar-refractivity contribution is 7.89. The van der Waals surface area contributed by atoms with Crippen molar-refractivity contribution >= 4 is 27.5 Å². The molecule has 0 saturated carbocycles. The number of nitrogens with two attached hydrogens (primary N) is 1. The molecule has 9 heteroatoms. The number of carbonyl (C=O) groups is 2. The number of anilines is 1. The van der Waals surface area contributed by atoms with Crippen molar-refractivity contribution in [2.24, 2.45) is 5.73 Å². The number of nitrogens with zero attached hydrogens (tertiary/aromatic N) is 1. The third-order valence-corrected chi connectivity index (χ3v) is 6.32. The first-order valence-corrected chi connectivity index (χ1v) is 10.1. The summed E-state index contributed by atoms with van der Waals surface area (Å²) >= 11 is 0. The third kappa shape index (κ3) is 4.37. The fourth-order valence-electron chi connectivity index (χ4n) is 2.77. The van der Waals surface area contributed by atoms with Gasteiger partial charge in [-0.3, -0.25) is 9.59 Å². The maximum Gasteiger partial charge on any atom is 0.258 e. The first-order chi connectivity index (χ1) is 13.1. The van der Waals surface area contributed by atoms with Crippen LogP contribution in [0, 0.1) is 12.7 Å². The Balaban J connectivity index is 2.36. The summed E-state index contributed by atoms with van der Waals surface area (Å²) in [5.74, 6) is -2.25. The van der Waals surface area contributed by atoms with Gasteiger partial charge in [-0.05, 0) is 48.9 Å². The summed E-state index contributed by atoms with van der Waals surface area (Å²) in [6, 6.07) is 7.53. The lowest BCUT2D eigenvalue weighted by Gasteiger charge is -2.19. The molecule has 2 aromatic carbocycles. The van der Waals surface area contributed by atoms with Crippen molar-refractivity contribution in [3.63, 3.8) is 0 Å². The monoisotopic (exact) mass is 407 g/mol. The topological polar surface area (TPSA) is 110 Å². The Morgan fingerprint density at radius 2 is 1.71 bits per heavy atom. The van der Waals surface area contributed by atoms with Gasteiger partial charge in [0.2, 0.25) is 15.9 Å². The zero-order valence-electron chi connectivity index (χ0n) is 15.8. The molecule has 0 unspecified atom stereocenters. The molecule has 0 atom stereocenters. The molecular weight excluding hydrogens is 385 g/mol. The number of amides is 2. The van der Waals surface area contributed by atoms with Gasteiger partial charge in [-0.2, -0.15) is 4.31 Å². The van der Waals surface area contributed by atoms with Crippen molar-refractivity contribution in [1.82, 2.24) is 4.31 Å². The molecular formula is C19H22FN3O4S. The molecule has 0 bridgehead atoms. The number of rotatable bonds is 7. The maximum atomic E-state index is 14.2. The van der Waals surface area contributed by atoms with Gasteiger partial charge in [0.15, 0.2) is 0 Å². The van der Waals surface area contributed by atoms with Gasteiger partial charge in [-0.15, -0.1) is 0 Å². The van der Waals surface area contributed by atoms with E-state index in [1.807, 2.05) is 0 Å². The summed E-state index contributed by atoms with van der Waals surface area (Å²) in [6.45, 7) is 5.53. The zero-order valence-corrected chi connectivity index (χ0v) is 16.6. The average molecular weight is 407 g/mol. The van der Waals surface area contributed by atoms with Gasteiger partial charge in [0.25, 0.3) is 5.91 Å². The van der Waals surface area contributed by atoms with Gasteiger partial charge in [0.1, 0.15) is 5.82 Å². The van der Waals surface area contributed by atoms with Crippen molar-refractivity contribution in [2.45, 2.75) is 25.7 Å². The van der Waals surface area contributed by atoms with Crippen LogP contribution in [-0.2, 0) is 10.0 Å². The molecule has 3 N–H and O–H groups in total. The molecule has 0 aliphatic rings. The van der Waals surface area contributed by atoms with Crippen LogP contribution in [0.15, 0.2) is 41.3 Å². The molecule has 2 aromatic rings. The number of halogens is 1. The van der Waals surface area contributed by atoms with E-state index in [1.54, 1.807) is 20.8 Å². The summed E-state index contributed by atoms with van der Waals surface area (Å²) in [6.07, 6.45) is 0. The van der Waals surface area contributed by atoms with Crippen molar-refractivity contribution in [2.75, 3.05) is 18.4 Å². The summed E-state index contributed by atoms with van der Waals surface area (Å²) in [5.41, 5.74) is 6.02. The molecule has 0 spiro atoms. The van der Waals surface area contributed by atoms with Crippen LogP contribution in [0.25, 0.3) is 0 Å².